The second-order valence-corrected chi connectivity index (χ2v) is 10.8. The van der Waals surface area contributed by atoms with Crippen LogP contribution in [0, 0.1) is 5.92 Å². The standard InChI is InChI=1S/C27H34N6O3S/c1-19(2)13-21(18-34)30-27-31-24-4-3-22(15-26(24)37-27)36-23-5-6-28-25(14-23)20-16-29-33(17-20)8-7-32-9-11-35-12-10-32/h3-6,14-17,19,21,34H,7-13,18H2,1-2H3,(H,30,31)/t21-/m1/s1. The lowest BCUT2D eigenvalue weighted by atomic mass is 10.0. The molecule has 1 aliphatic heterocycles. The fourth-order valence-corrected chi connectivity index (χ4v) is 5.38. The lowest BCUT2D eigenvalue weighted by Crippen LogP contribution is -2.38. The van der Waals surface area contributed by atoms with E-state index in [0.29, 0.717) is 11.7 Å². The van der Waals surface area contributed by atoms with Gasteiger partial charge in [0.2, 0.25) is 0 Å². The first-order valence-electron chi connectivity index (χ1n) is 12.8. The zero-order valence-electron chi connectivity index (χ0n) is 21.3. The van der Waals surface area contributed by atoms with Crippen molar-refractivity contribution < 1.29 is 14.6 Å². The predicted octanol–water partition coefficient (Wildman–Crippen LogP) is 4.50. The Morgan fingerprint density at radius 2 is 1.97 bits per heavy atom. The zero-order chi connectivity index (χ0) is 25.6. The molecule has 1 saturated heterocycles. The molecule has 0 aliphatic carbocycles. The van der Waals surface area contributed by atoms with Gasteiger partial charge in [0.25, 0.3) is 0 Å². The van der Waals surface area contributed by atoms with Crippen LogP contribution in [0.1, 0.15) is 20.3 Å². The summed E-state index contributed by atoms with van der Waals surface area (Å²) in [5.74, 6) is 1.95. The number of aliphatic hydroxyl groups excluding tert-OH is 1. The van der Waals surface area contributed by atoms with Crippen LogP contribution in [0.4, 0.5) is 5.13 Å². The number of hydrogen-bond donors (Lipinski definition) is 2. The molecule has 4 heterocycles. The van der Waals surface area contributed by atoms with E-state index in [0.717, 1.165) is 78.2 Å². The molecule has 37 heavy (non-hydrogen) atoms. The third-order valence-electron chi connectivity index (χ3n) is 6.31. The van der Waals surface area contributed by atoms with Crippen molar-refractivity contribution in [3.8, 4) is 22.8 Å². The number of hydrogen-bond acceptors (Lipinski definition) is 9. The van der Waals surface area contributed by atoms with Gasteiger partial charge in [-0.1, -0.05) is 25.2 Å². The van der Waals surface area contributed by atoms with Gasteiger partial charge in [-0.05, 0) is 30.5 Å². The van der Waals surface area contributed by atoms with Crippen molar-refractivity contribution in [2.24, 2.45) is 5.92 Å². The lowest BCUT2D eigenvalue weighted by molar-refractivity contribution is 0.0360. The minimum absolute atomic E-state index is 0.00440. The maximum atomic E-state index is 9.68. The molecule has 1 atom stereocenters. The second-order valence-electron chi connectivity index (χ2n) is 9.73. The van der Waals surface area contributed by atoms with Crippen LogP contribution in [0.2, 0.25) is 0 Å². The van der Waals surface area contributed by atoms with Crippen molar-refractivity contribution in [3.63, 3.8) is 0 Å². The third kappa shape index (κ3) is 6.84. The van der Waals surface area contributed by atoms with E-state index >= 15 is 0 Å². The van der Waals surface area contributed by atoms with Gasteiger partial charge >= 0.3 is 0 Å². The number of benzene rings is 1. The van der Waals surface area contributed by atoms with Gasteiger partial charge in [0.15, 0.2) is 5.13 Å². The molecule has 10 heteroatoms. The van der Waals surface area contributed by atoms with Crippen LogP contribution in [-0.4, -0.2) is 75.3 Å². The Hall–Kier alpha value is -3.05. The molecular weight excluding hydrogens is 488 g/mol. The molecule has 1 fully saturated rings. The number of ether oxygens (including phenoxy) is 2. The Balaban J connectivity index is 1.23. The van der Waals surface area contributed by atoms with Crippen molar-refractivity contribution in [3.05, 3.63) is 48.9 Å². The fourth-order valence-electron chi connectivity index (χ4n) is 4.41. The number of anilines is 1. The summed E-state index contributed by atoms with van der Waals surface area (Å²) >= 11 is 1.56. The first kappa shape index (κ1) is 25.6. The first-order valence-corrected chi connectivity index (χ1v) is 13.6. The number of nitrogens with one attached hydrogen (secondary N) is 1. The van der Waals surface area contributed by atoms with E-state index in [1.165, 1.54) is 0 Å². The maximum Gasteiger partial charge on any atom is 0.184 e. The predicted molar refractivity (Wildman–Crippen MR) is 146 cm³/mol. The number of rotatable bonds is 11. The van der Waals surface area contributed by atoms with Gasteiger partial charge < -0.3 is 19.9 Å². The van der Waals surface area contributed by atoms with Gasteiger partial charge in [0.05, 0.1) is 54.5 Å². The molecule has 0 bridgehead atoms. The van der Waals surface area contributed by atoms with E-state index in [2.05, 4.69) is 39.1 Å². The molecule has 0 spiro atoms. The highest BCUT2D eigenvalue weighted by Gasteiger charge is 2.14. The van der Waals surface area contributed by atoms with Gasteiger partial charge in [-0.3, -0.25) is 14.6 Å². The molecule has 0 saturated carbocycles. The Morgan fingerprint density at radius 1 is 1.14 bits per heavy atom. The summed E-state index contributed by atoms with van der Waals surface area (Å²) in [6, 6.07) is 9.67. The summed E-state index contributed by atoms with van der Waals surface area (Å²) < 4.78 is 14.6. The average Bonchev–Trinajstić information content (AvgIpc) is 3.54. The number of thiazole rings is 1. The molecular formula is C27H34N6O3S. The lowest BCUT2D eigenvalue weighted by Gasteiger charge is -2.26. The van der Waals surface area contributed by atoms with Crippen molar-refractivity contribution >= 4 is 26.7 Å². The molecule has 5 rings (SSSR count). The van der Waals surface area contributed by atoms with E-state index in [1.807, 2.05) is 47.4 Å². The third-order valence-corrected chi connectivity index (χ3v) is 7.26. The van der Waals surface area contributed by atoms with Gasteiger partial charge in [-0.15, -0.1) is 0 Å². The maximum absolute atomic E-state index is 9.68. The molecule has 9 nitrogen and oxygen atoms in total. The molecule has 0 amide bonds. The van der Waals surface area contributed by atoms with Crippen molar-refractivity contribution in [2.45, 2.75) is 32.9 Å². The van der Waals surface area contributed by atoms with E-state index < -0.39 is 0 Å². The Labute approximate surface area is 221 Å². The van der Waals surface area contributed by atoms with Crippen molar-refractivity contribution in [1.82, 2.24) is 24.6 Å². The summed E-state index contributed by atoms with van der Waals surface area (Å²) in [5.41, 5.74) is 2.68. The van der Waals surface area contributed by atoms with Crippen LogP contribution in [0.3, 0.4) is 0 Å². The summed E-state index contributed by atoms with van der Waals surface area (Å²) in [6.45, 7) is 9.72. The quantitative estimate of drug-likeness (QED) is 0.297. The number of nitrogens with zero attached hydrogens (tertiary/aromatic N) is 5. The minimum atomic E-state index is -0.00440. The van der Waals surface area contributed by atoms with E-state index in [9.17, 15) is 5.11 Å². The van der Waals surface area contributed by atoms with Crippen molar-refractivity contribution in [2.75, 3.05) is 44.8 Å². The normalized spacial score (nSPS) is 15.4. The topological polar surface area (TPSA) is 97.6 Å². The summed E-state index contributed by atoms with van der Waals surface area (Å²) in [5, 5.41) is 18.4. The molecule has 1 aromatic carbocycles. The second kappa shape index (κ2) is 12.0. The van der Waals surface area contributed by atoms with Crippen LogP contribution < -0.4 is 10.1 Å². The van der Waals surface area contributed by atoms with Gasteiger partial charge in [-0.2, -0.15) is 5.10 Å². The van der Waals surface area contributed by atoms with Crippen LogP contribution >= 0.6 is 11.3 Å². The summed E-state index contributed by atoms with van der Waals surface area (Å²) in [6.07, 6.45) is 6.52. The van der Waals surface area contributed by atoms with Crippen LogP contribution in [0.15, 0.2) is 48.9 Å². The minimum Gasteiger partial charge on any atom is -0.457 e. The highest BCUT2D eigenvalue weighted by Crippen LogP contribution is 2.32. The van der Waals surface area contributed by atoms with Crippen LogP contribution in [0.5, 0.6) is 11.5 Å². The van der Waals surface area contributed by atoms with Crippen LogP contribution in [0.25, 0.3) is 21.5 Å². The largest absolute Gasteiger partial charge is 0.457 e. The number of pyridine rings is 1. The average molecular weight is 523 g/mol. The Kier molecular flexibility index (Phi) is 8.30. The van der Waals surface area contributed by atoms with E-state index in [4.69, 9.17) is 9.47 Å². The number of aliphatic hydroxyl groups is 1. The monoisotopic (exact) mass is 522 g/mol. The van der Waals surface area contributed by atoms with Crippen LogP contribution in [-0.2, 0) is 11.3 Å². The van der Waals surface area contributed by atoms with E-state index in [1.54, 1.807) is 17.5 Å². The molecule has 0 unspecified atom stereocenters. The molecule has 0 radical (unpaired) electrons. The highest BCUT2D eigenvalue weighted by atomic mass is 32.1. The molecule has 3 aromatic heterocycles. The van der Waals surface area contributed by atoms with Crippen molar-refractivity contribution in [1.29, 1.82) is 0 Å². The fraction of sp³-hybridized carbons (Fsp3) is 0.444. The molecule has 196 valence electrons. The smallest absolute Gasteiger partial charge is 0.184 e. The first-order chi connectivity index (χ1) is 18.1. The van der Waals surface area contributed by atoms with E-state index in [-0.39, 0.29) is 12.6 Å². The molecule has 1 aliphatic rings. The SMILES string of the molecule is CC(C)C[C@H](CO)Nc1nc2ccc(Oc3ccnc(-c4cnn(CCN5CCOCC5)c4)c3)cc2s1. The van der Waals surface area contributed by atoms with Gasteiger partial charge in [0.1, 0.15) is 11.5 Å². The number of fused-ring (bicyclic) bond motifs is 1. The number of morpholine rings is 1. The van der Waals surface area contributed by atoms with Gasteiger partial charge in [-0.25, -0.2) is 4.98 Å². The Morgan fingerprint density at radius 3 is 2.78 bits per heavy atom. The number of aromatic nitrogens is 4. The van der Waals surface area contributed by atoms with Gasteiger partial charge in [0, 0.05) is 49.7 Å². The highest BCUT2D eigenvalue weighted by molar-refractivity contribution is 7.22. The summed E-state index contributed by atoms with van der Waals surface area (Å²) in [4.78, 5) is 11.6. The molecule has 2 N–H and O–H groups in total. The zero-order valence-corrected chi connectivity index (χ0v) is 22.2. The Bertz CT molecular complexity index is 1300. The molecule has 4 aromatic rings. The summed E-state index contributed by atoms with van der Waals surface area (Å²) in [7, 11) is 0.